The number of hydrogen-bond donors (Lipinski definition) is 0. The van der Waals surface area contributed by atoms with Crippen LogP contribution in [-0.2, 0) is 24.2 Å². The molecule has 0 aliphatic heterocycles. The van der Waals surface area contributed by atoms with Gasteiger partial charge in [-0.25, -0.2) is 0 Å². The van der Waals surface area contributed by atoms with E-state index in [0.717, 1.165) is 19.3 Å². The molecule has 2 atom stereocenters. The van der Waals surface area contributed by atoms with Gasteiger partial charge in [0.25, 0.3) is 0 Å². The Morgan fingerprint density at radius 2 is 1.67 bits per heavy atom. The molecule has 0 N–H and O–H groups in total. The van der Waals surface area contributed by atoms with E-state index in [9.17, 15) is 0 Å². The Morgan fingerprint density at radius 3 is 2.00 bits per heavy atom. The average molecular weight is 375 g/mol. The summed E-state index contributed by atoms with van der Waals surface area (Å²) in [4.78, 5) is 0. The third-order valence-electron chi connectivity index (χ3n) is 3.34. The monoisotopic (exact) mass is 375 g/mol. The van der Waals surface area contributed by atoms with Gasteiger partial charge in [0.1, 0.15) is 0 Å². The molecule has 0 saturated carbocycles. The van der Waals surface area contributed by atoms with Crippen LogP contribution in [0.2, 0.25) is 0 Å². The van der Waals surface area contributed by atoms with E-state index in [1.807, 2.05) is 0 Å². The van der Waals surface area contributed by atoms with E-state index in [0.29, 0.717) is 0 Å². The molecule has 0 aromatic rings. The van der Waals surface area contributed by atoms with Crippen LogP contribution < -0.4 is 0 Å². The summed E-state index contributed by atoms with van der Waals surface area (Å²) in [6.07, 6.45) is 9.73. The summed E-state index contributed by atoms with van der Waals surface area (Å²) in [5, 5.41) is 0. The molecule has 122 valence electrons. The van der Waals surface area contributed by atoms with Crippen molar-refractivity contribution in [1.82, 2.24) is 0 Å². The summed E-state index contributed by atoms with van der Waals surface area (Å²) in [6, 6.07) is 0. The zero-order chi connectivity index (χ0) is 16.1. The number of rotatable bonds is 7. The number of allylic oxidation sites excluding steroid dienone is 4. The quantitative estimate of drug-likeness (QED) is 0.556. The molecule has 3 nitrogen and oxygen atoms in total. The van der Waals surface area contributed by atoms with Crippen LogP contribution in [0, 0.1) is 0 Å². The molecule has 1 aliphatic rings. The van der Waals surface area contributed by atoms with Gasteiger partial charge in [0, 0.05) is 0 Å². The molecule has 1 rings (SSSR count). The van der Waals surface area contributed by atoms with E-state index in [2.05, 4.69) is 66.7 Å². The van der Waals surface area contributed by atoms with Crippen molar-refractivity contribution in [3.05, 3.63) is 22.0 Å². The van der Waals surface area contributed by atoms with Gasteiger partial charge in [-0.1, -0.05) is 0 Å². The first-order valence-corrected chi connectivity index (χ1v) is 12.0. The average Bonchev–Trinajstić information content (AvgIpc) is 2.90. The molecule has 0 bridgehead atoms. The molecule has 0 amide bonds. The van der Waals surface area contributed by atoms with Crippen LogP contribution in [0.15, 0.2) is 25.4 Å². The van der Waals surface area contributed by atoms with Gasteiger partial charge in [-0.3, -0.25) is 0 Å². The fourth-order valence-corrected chi connectivity index (χ4v) is 9.86. The minimum atomic E-state index is -3.52. The molecular weight excluding hydrogens is 343 g/mol. The Morgan fingerprint density at radius 1 is 1.14 bits per heavy atom. The van der Waals surface area contributed by atoms with Crippen molar-refractivity contribution in [3.8, 4) is 0 Å². The van der Waals surface area contributed by atoms with Gasteiger partial charge in [-0.15, -0.1) is 0 Å². The Balaban J connectivity index is 3.29. The van der Waals surface area contributed by atoms with Gasteiger partial charge >= 0.3 is 135 Å². The van der Waals surface area contributed by atoms with Crippen LogP contribution in [-0.4, -0.2) is 17.7 Å². The standard InChI is InChI=1S/C5H5.C4H9N.2C4H9O.Nb/c1-2-4-5-3-1;1-4(2,3)5;2*1-3-4(2)5;/h1-3H,4H2;1-3H3;2*4H,3H2,1-2H3;/q;;2*-1;+2. The third kappa shape index (κ3) is 5.91. The first-order chi connectivity index (χ1) is 9.72. The zero-order valence-corrected chi connectivity index (χ0v) is 16.9. The molecule has 2 unspecified atom stereocenters. The predicted molar refractivity (Wildman–Crippen MR) is 85.7 cm³/mol. The van der Waals surface area contributed by atoms with Crippen molar-refractivity contribution in [1.29, 1.82) is 0 Å². The van der Waals surface area contributed by atoms with Crippen molar-refractivity contribution in [3.63, 3.8) is 0 Å². The molecule has 4 heteroatoms. The van der Waals surface area contributed by atoms with Gasteiger partial charge in [-0.2, -0.15) is 0 Å². The van der Waals surface area contributed by atoms with E-state index in [1.54, 1.807) is 0 Å². The summed E-state index contributed by atoms with van der Waals surface area (Å²) in [7, 11) is 0. The molecule has 0 radical (unpaired) electrons. The molecule has 0 fully saturated rings. The van der Waals surface area contributed by atoms with E-state index >= 15 is 0 Å². The molecule has 0 spiro atoms. The summed E-state index contributed by atoms with van der Waals surface area (Å²) in [5.74, 6) is 0. The molecule has 0 saturated heterocycles. The van der Waals surface area contributed by atoms with Crippen molar-refractivity contribution in [2.45, 2.75) is 85.5 Å². The summed E-state index contributed by atoms with van der Waals surface area (Å²) >= 11 is -3.52. The summed E-state index contributed by atoms with van der Waals surface area (Å²) in [5.41, 5.74) is -0.143. The van der Waals surface area contributed by atoms with Crippen LogP contribution in [0.4, 0.5) is 0 Å². The van der Waals surface area contributed by atoms with Gasteiger partial charge in [0.2, 0.25) is 0 Å². The molecule has 0 aromatic carbocycles. The Kier molecular flexibility index (Phi) is 7.22. The van der Waals surface area contributed by atoms with Crippen LogP contribution >= 0.6 is 0 Å². The van der Waals surface area contributed by atoms with Gasteiger partial charge in [0.15, 0.2) is 0 Å². The van der Waals surface area contributed by atoms with E-state index < -0.39 is 17.7 Å². The second kappa shape index (κ2) is 7.98. The predicted octanol–water partition coefficient (Wildman–Crippen LogP) is 5.43. The van der Waals surface area contributed by atoms with Crippen molar-refractivity contribution in [2.75, 3.05) is 0 Å². The second-order valence-electron chi connectivity index (χ2n) is 6.73. The Hall–Kier alpha value is -0.0597. The second-order valence-corrected chi connectivity index (χ2v) is 12.2. The first-order valence-electron chi connectivity index (χ1n) is 8.09. The van der Waals surface area contributed by atoms with Crippen LogP contribution in [0.3, 0.4) is 0 Å². The number of nitrogens with zero attached hydrogens (tertiary/aromatic N) is 1. The van der Waals surface area contributed by atoms with Gasteiger partial charge < -0.3 is 0 Å². The van der Waals surface area contributed by atoms with Crippen LogP contribution in [0.1, 0.15) is 67.7 Å². The normalized spacial score (nSPS) is 20.8. The topological polar surface area (TPSA) is 30.8 Å². The fraction of sp³-hybridized carbons (Fsp3) is 0.765. The molecule has 1 aliphatic carbocycles. The third-order valence-corrected chi connectivity index (χ3v) is 11.2. The maximum atomic E-state index is 6.52. The van der Waals surface area contributed by atoms with Crippen molar-refractivity contribution >= 4 is 0 Å². The van der Waals surface area contributed by atoms with E-state index in [-0.39, 0.29) is 17.7 Å². The first kappa shape index (κ1) is 19.0. The van der Waals surface area contributed by atoms with Gasteiger partial charge in [0.05, 0.1) is 0 Å². The summed E-state index contributed by atoms with van der Waals surface area (Å²) < 4.78 is 19.5. The maximum absolute atomic E-state index is 6.52. The zero-order valence-electron chi connectivity index (χ0n) is 14.7. The number of hydrogen-bond acceptors (Lipinski definition) is 3. The van der Waals surface area contributed by atoms with Crippen LogP contribution in [0.25, 0.3) is 0 Å². The molecule has 0 heterocycles. The van der Waals surface area contributed by atoms with Crippen molar-refractivity contribution < 1.29 is 24.2 Å². The molecule has 0 aromatic heterocycles. The SMILES string of the molecule is CCC(C)[O][Nb](=[N]C(C)(C)C)([O]C(C)CC)[C]1=CC=CC1. The molecule has 21 heavy (non-hydrogen) atoms. The van der Waals surface area contributed by atoms with Crippen molar-refractivity contribution in [2.24, 2.45) is 3.34 Å². The van der Waals surface area contributed by atoms with E-state index in [4.69, 9.17) is 9.83 Å². The fourth-order valence-electron chi connectivity index (χ4n) is 1.95. The Bertz CT molecular complexity index is 430. The van der Waals surface area contributed by atoms with Gasteiger partial charge in [-0.05, 0) is 0 Å². The minimum absolute atomic E-state index is 0.143. The Labute approximate surface area is 135 Å². The molecular formula is C17H32NNbO2. The summed E-state index contributed by atoms with van der Waals surface area (Å²) in [6.45, 7) is 15.0. The van der Waals surface area contributed by atoms with E-state index in [1.165, 1.54) is 3.79 Å². The van der Waals surface area contributed by atoms with Crippen LogP contribution in [0.5, 0.6) is 0 Å².